The van der Waals surface area contributed by atoms with Gasteiger partial charge in [0.15, 0.2) is 0 Å². The molecule has 84 valence electrons. The third kappa shape index (κ3) is 3.95. The molecule has 2 atom stereocenters. The zero-order chi connectivity index (χ0) is 10.4. The van der Waals surface area contributed by atoms with Gasteiger partial charge in [0.2, 0.25) is 0 Å². The molecule has 1 saturated heterocycles. The maximum atomic E-state index is 5.64. The fourth-order valence-corrected chi connectivity index (χ4v) is 1.99. The Kier molecular flexibility index (Phi) is 5.45. The van der Waals surface area contributed by atoms with Crippen molar-refractivity contribution in [3.05, 3.63) is 0 Å². The van der Waals surface area contributed by atoms with Gasteiger partial charge in [-0.2, -0.15) is 0 Å². The number of ether oxygens (including phenoxy) is 1. The number of likely N-dealkylation sites (N-methyl/N-ethyl adjacent to an activating group) is 1. The van der Waals surface area contributed by atoms with E-state index in [2.05, 4.69) is 31.0 Å². The van der Waals surface area contributed by atoms with Gasteiger partial charge in [0, 0.05) is 25.7 Å². The van der Waals surface area contributed by atoms with Gasteiger partial charge < -0.3 is 10.1 Å². The van der Waals surface area contributed by atoms with Crippen molar-refractivity contribution in [3.8, 4) is 0 Å². The molecule has 0 aliphatic carbocycles. The fraction of sp³-hybridized carbons (Fsp3) is 1.00. The van der Waals surface area contributed by atoms with Crippen molar-refractivity contribution in [2.75, 3.05) is 32.8 Å². The molecule has 3 nitrogen and oxygen atoms in total. The van der Waals surface area contributed by atoms with Gasteiger partial charge in [0.1, 0.15) is 0 Å². The van der Waals surface area contributed by atoms with Gasteiger partial charge in [-0.15, -0.1) is 0 Å². The van der Waals surface area contributed by atoms with Gasteiger partial charge in [0.25, 0.3) is 0 Å². The first-order chi connectivity index (χ1) is 6.76. The van der Waals surface area contributed by atoms with Gasteiger partial charge in [0.05, 0.1) is 12.7 Å². The van der Waals surface area contributed by atoms with E-state index < -0.39 is 0 Å². The Hall–Kier alpha value is -0.120. The number of hydrogen-bond donors (Lipinski definition) is 1. The van der Waals surface area contributed by atoms with E-state index in [0.717, 1.165) is 39.2 Å². The summed E-state index contributed by atoms with van der Waals surface area (Å²) in [6, 6.07) is 0.593. The van der Waals surface area contributed by atoms with Crippen LogP contribution in [-0.4, -0.2) is 49.8 Å². The Bertz CT molecular complexity index is 152. The highest BCUT2D eigenvalue weighted by atomic mass is 16.5. The quantitative estimate of drug-likeness (QED) is 0.719. The van der Waals surface area contributed by atoms with E-state index in [9.17, 15) is 0 Å². The minimum atomic E-state index is 0.456. The van der Waals surface area contributed by atoms with Crippen LogP contribution in [-0.2, 0) is 4.74 Å². The summed E-state index contributed by atoms with van der Waals surface area (Å²) in [5.74, 6) is 0. The molecule has 0 saturated carbocycles. The summed E-state index contributed by atoms with van der Waals surface area (Å²) >= 11 is 0. The van der Waals surface area contributed by atoms with Crippen LogP contribution in [0.4, 0.5) is 0 Å². The van der Waals surface area contributed by atoms with Crippen LogP contribution in [0.25, 0.3) is 0 Å². The summed E-state index contributed by atoms with van der Waals surface area (Å²) < 4.78 is 5.64. The highest BCUT2D eigenvalue weighted by Crippen LogP contribution is 2.08. The van der Waals surface area contributed by atoms with Crippen LogP contribution in [0.3, 0.4) is 0 Å². The van der Waals surface area contributed by atoms with E-state index in [1.165, 1.54) is 0 Å². The lowest BCUT2D eigenvalue weighted by Gasteiger charge is -2.34. The third-order valence-corrected chi connectivity index (χ3v) is 2.76. The predicted molar refractivity (Wildman–Crippen MR) is 59.6 cm³/mol. The second-order valence-corrected chi connectivity index (χ2v) is 4.12. The molecule has 1 N–H and O–H groups in total. The molecule has 1 fully saturated rings. The van der Waals surface area contributed by atoms with Crippen molar-refractivity contribution in [1.29, 1.82) is 0 Å². The lowest BCUT2D eigenvalue weighted by Crippen LogP contribution is -2.47. The van der Waals surface area contributed by atoms with Gasteiger partial charge in [-0.3, -0.25) is 4.90 Å². The fourth-order valence-electron chi connectivity index (χ4n) is 1.99. The standard InChI is InChI=1S/C11H24N2O/c1-4-11-9-13(6-7-14-11)8-10(3)12-5-2/h10-12H,4-9H2,1-3H3. The summed E-state index contributed by atoms with van der Waals surface area (Å²) in [5, 5.41) is 3.44. The zero-order valence-electron chi connectivity index (χ0n) is 9.75. The molecule has 14 heavy (non-hydrogen) atoms. The Morgan fingerprint density at radius 3 is 2.93 bits per heavy atom. The van der Waals surface area contributed by atoms with Crippen molar-refractivity contribution in [2.24, 2.45) is 0 Å². The average molecular weight is 200 g/mol. The van der Waals surface area contributed by atoms with Crippen LogP contribution in [0, 0.1) is 0 Å². The number of rotatable bonds is 5. The van der Waals surface area contributed by atoms with Crippen LogP contribution in [0.2, 0.25) is 0 Å². The van der Waals surface area contributed by atoms with Crippen LogP contribution in [0.1, 0.15) is 27.2 Å². The highest BCUT2D eigenvalue weighted by molar-refractivity contribution is 4.74. The molecule has 0 radical (unpaired) electrons. The van der Waals surface area contributed by atoms with Crippen molar-refractivity contribution < 1.29 is 4.74 Å². The van der Waals surface area contributed by atoms with Gasteiger partial charge in [-0.25, -0.2) is 0 Å². The van der Waals surface area contributed by atoms with Crippen LogP contribution in [0.5, 0.6) is 0 Å². The Balaban J connectivity index is 2.22. The molecule has 1 aliphatic heterocycles. The normalized spacial score (nSPS) is 26.4. The van der Waals surface area contributed by atoms with E-state index in [4.69, 9.17) is 4.74 Å². The maximum Gasteiger partial charge on any atom is 0.0700 e. The summed E-state index contributed by atoms with van der Waals surface area (Å²) in [6.07, 6.45) is 1.59. The van der Waals surface area contributed by atoms with E-state index in [1.807, 2.05) is 0 Å². The van der Waals surface area contributed by atoms with Crippen molar-refractivity contribution >= 4 is 0 Å². The van der Waals surface area contributed by atoms with Crippen molar-refractivity contribution in [3.63, 3.8) is 0 Å². The topological polar surface area (TPSA) is 24.5 Å². The Morgan fingerprint density at radius 2 is 2.29 bits per heavy atom. The molecule has 0 amide bonds. The Labute approximate surface area is 87.8 Å². The van der Waals surface area contributed by atoms with E-state index in [-0.39, 0.29) is 0 Å². The molecular formula is C11H24N2O. The largest absolute Gasteiger partial charge is 0.376 e. The molecule has 1 aliphatic rings. The smallest absolute Gasteiger partial charge is 0.0700 e. The molecule has 2 unspecified atom stereocenters. The van der Waals surface area contributed by atoms with Crippen molar-refractivity contribution in [2.45, 2.75) is 39.3 Å². The molecule has 0 aromatic carbocycles. The summed E-state index contributed by atoms with van der Waals surface area (Å²) in [7, 11) is 0. The van der Waals surface area contributed by atoms with E-state index in [1.54, 1.807) is 0 Å². The SMILES string of the molecule is CCNC(C)CN1CCOC(CC)C1. The first-order valence-electron chi connectivity index (χ1n) is 5.83. The minimum Gasteiger partial charge on any atom is -0.376 e. The van der Waals surface area contributed by atoms with E-state index in [0.29, 0.717) is 12.1 Å². The number of morpholine rings is 1. The van der Waals surface area contributed by atoms with E-state index >= 15 is 0 Å². The predicted octanol–water partition coefficient (Wildman–Crippen LogP) is 1.10. The summed E-state index contributed by atoms with van der Waals surface area (Å²) in [6.45, 7) is 11.9. The molecule has 0 aromatic rings. The molecular weight excluding hydrogens is 176 g/mol. The molecule has 1 heterocycles. The lowest BCUT2D eigenvalue weighted by atomic mass is 10.2. The monoisotopic (exact) mass is 200 g/mol. The van der Waals surface area contributed by atoms with Gasteiger partial charge in [-0.1, -0.05) is 13.8 Å². The first kappa shape index (κ1) is 12.0. The summed E-state index contributed by atoms with van der Waals surface area (Å²) in [5.41, 5.74) is 0. The number of nitrogens with one attached hydrogen (secondary N) is 1. The molecule has 1 rings (SSSR count). The number of nitrogens with zero attached hydrogens (tertiary/aromatic N) is 1. The molecule has 0 aromatic heterocycles. The number of hydrogen-bond acceptors (Lipinski definition) is 3. The minimum absolute atomic E-state index is 0.456. The second kappa shape index (κ2) is 6.38. The molecule has 0 spiro atoms. The Morgan fingerprint density at radius 1 is 1.50 bits per heavy atom. The average Bonchev–Trinajstić information content (AvgIpc) is 2.18. The van der Waals surface area contributed by atoms with Gasteiger partial charge >= 0.3 is 0 Å². The van der Waals surface area contributed by atoms with Crippen LogP contribution >= 0.6 is 0 Å². The first-order valence-corrected chi connectivity index (χ1v) is 5.83. The summed E-state index contributed by atoms with van der Waals surface area (Å²) in [4.78, 5) is 2.50. The maximum absolute atomic E-state index is 5.64. The molecule has 3 heteroatoms. The van der Waals surface area contributed by atoms with Crippen LogP contribution in [0.15, 0.2) is 0 Å². The zero-order valence-corrected chi connectivity index (χ0v) is 9.75. The highest BCUT2D eigenvalue weighted by Gasteiger charge is 2.19. The third-order valence-electron chi connectivity index (χ3n) is 2.76. The lowest BCUT2D eigenvalue weighted by molar-refractivity contribution is -0.0315. The second-order valence-electron chi connectivity index (χ2n) is 4.12. The molecule has 0 bridgehead atoms. The van der Waals surface area contributed by atoms with Crippen LogP contribution < -0.4 is 5.32 Å². The van der Waals surface area contributed by atoms with Gasteiger partial charge in [-0.05, 0) is 19.9 Å². The van der Waals surface area contributed by atoms with Crippen molar-refractivity contribution in [1.82, 2.24) is 10.2 Å².